The summed E-state index contributed by atoms with van der Waals surface area (Å²) in [6, 6.07) is 4.87. The Hall–Kier alpha value is -0.620. The van der Waals surface area contributed by atoms with Gasteiger partial charge < -0.3 is 5.73 Å². The third-order valence-corrected chi connectivity index (χ3v) is 6.21. The Morgan fingerprint density at radius 3 is 2.76 bits per heavy atom. The van der Waals surface area contributed by atoms with Gasteiger partial charge in [0.05, 0.1) is 5.02 Å². The van der Waals surface area contributed by atoms with Crippen LogP contribution in [-0.2, 0) is 16.6 Å². The smallest absolute Gasteiger partial charge is 0.242 e. The first-order valence-electron chi connectivity index (χ1n) is 7.47. The Kier molecular flexibility index (Phi) is 5.66. The molecule has 6 heteroatoms. The van der Waals surface area contributed by atoms with Crippen LogP contribution in [0.4, 0.5) is 0 Å². The highest BCUT2D eigenvalue weighted by atomic mass is 35.5. The molecule has 4 nitrogen and oxygen atoms in total. The van der Waals surface area contributed by atoms with Gasteiger partial charge in [-0.3, -0.25) is 0 Å². The minimum Gasteiger partial charge on any atom is -0.326 e. The molecule has 0 amide bonds. The molecule has 0 saturated heterocycles. The lowest BCUT2D eigenvalue weighted by Gasteiger charge is -2.29. The number of nitrogens with one attached hydrogen (secondary N) is 1. The van der Waals surface area contributed by atoms with Crippen molar-refractivity contribution in [2.24, 2.45) is 11.7 Å². The molecule has 2 unspecified atom stereocenters. The number of hydrogen-bond acceptors (Lipinski definition) is 3. The van der Waals surface area contributed by atoms with E-state index in [1.807, 2.05) is 0 Å². The molecule has 21 heavy (non-hydrogen) atoms. The van der Waals surface area contributed by atoms with E-state index in [9.17, 15) is 8.42 Å². The first kappa shape index (κ1) is 16.7. The summed E-state index contributed by atoms with van der Waals surface area (Å²) in [6.45, 7) is 2.50. The van der Waals surface area contributed by atoms with Crippen LogP contribution in [0.15, 0.2) is 23.1 Å². The molecule has 2 rings (SSSR count). The van der Waals surface area contributed by atoms with E-state index in [0.29, 0.717) is 12.5 Å². The minimum absolute atomic E-state index is 0.0129. The van der Waals surface area contributed by atoms with Crippen LogP contribution in [0, 0.1) is 5.92 Å². The van der Waals surface area contributed by atoms with Gasteiger partial charge in [-0.15, -0.1) is 0 Å². The molecule has 0 aliphatic heterocycles. The molecule has 1 saturated carbocycles. The van der Waals surface area contributed by atoms with Gasteiger partial charge in [-0.05, 0) is 36.5 Å². The minimum atomic E-state index is -3.57. The third-order valence-electron chi connectivity index (χ3n) is 4.20. The maximum atomic E-state index is 12.5. The van der Waals surface area contributed by atoms with Gasteiger partial charge in [0.1, 0.15) is 4.90 Å². The quantitative estimate of drug-likeness (QED) is 0.871. The molecule has 1 aliphatic carbocycles. The SMILES string of the molecule is CCC1CCCC(NS(=O)(=O)c2ccc(CN)cc2Cl)C1. The molecule has 0 spiro atoms. The van der Waals surface area contributed by atoms with Crippen LogP contribution in [0.25, 0.3) is 0 Å². The van der Waals surface area contributed by atoms with Crippen molar-refractivity contribution in [2.45, 2.75) is 56.5 Å². The van der Waals surface area contributed by atoms with E-state index in [1.54, 1.807) is 12.1 Å². The monoisotopic (exact) mass is 330 g/mol. The number of rotatable bonds is 5. The van der Waals surface area contributed by atoms with Gasteiger partial charge in [-0.2, -0.15) is 0 Å². The van der Waals surface area contributed by atoms with Crippen LogP contribution in [-0.4, -0.2) is 14.5 Å². The van der Waals surface area contributed by atoms with Crippen molar-refractivity contribution in [1.29, 1.82) is 0 Å². The maximum absolute atomic E-state index is 12.5. The van der Waals surface area contributed by atoms with E-state index in [-0.39, 0.29) is 16.0 Å². The average Bonchev–Trinajstić information content (AvgIpc) is 2.46. The van der Waals surface area contributed by atoms with Gasteiger partial charge in [0.15, 0.2) is 0 Å². The highest BCUT2D eigenvalue weighted by molar-refractivity contribution is 7.89. The number of halogens is 1. The zero-order chi connectivity index (χ0) is 15.5. The molecule has 0 heterocycles. The molecule has 3 N–H and O–H groups in total. The summed E-state index contributed by atoms with van der Waals surface area (Å²) in [7, 11) is -3.57. The summed E-state index contributed by atoms with van der Waals surface area (Å²) in [4.78, 5) is 0.139. The first-order valence-corrected chi connectivity index (χ1v) is 9.33. The molecule has 0 bridgehead atoms. The zero-order valence-electron chi connectivity index (χ0n) is 12.3. The standard InChI is InChI=1S/C15H23ClN2O2S/c1-2-11-4-3-5-13(8-11)18-21(19,20)15-7-6-12(10-17)9-14(15)16/h6-7,9,11,13,18H,2-5,8,10,17H2,1H3. The van der Waals surface area contributed by atoms with Crippen molar-refractivity contribution in [3.63, 3.8) is 0 Å². The summed E-state index contributed by atoms with van der Waals surface area (Å²) < 4.78 is 27.8. The van der Waals surface area contributed by atoms with E-state index < -0.39 is 10.0 Å². The topological polar surface area (TPSA) is 72.2 Å². The van der Waals surface area contributed by atoms with Crippen LogP contribution < -0.4 is 10.5 Å². The van der Waals surface area contributed by atoms with Gasteiger partial charge in [0, 0.05) is 12.6 Å². The van der Waals surface area contributed by atoms with Crippen molar-refractivity contribution in [3.8, 4) is 0 Å². The van der Waals surface area contributed by atoms with E-state index in [2.05, 4.69) is 11.6 Å². The molecule has 118 valence electrons. The van der Waals surface area contributed by atoms with Gasteiger partial charge in [0.2, 0.25) is 10.0 Å². The Morgan fingerprint density at radius 2 is 2.14 bits per heavy atom. The van der Waals surface area contributed by atoms with Gasteiger partial charge in [-0.25, -0.2) is 13.1 Å². The highest BCUT2D eigenvalue weighted by Gasteiger charge is 2.26. The summed E-state index contributed by atoms with van der Waals surface area (Å²) in [5.41, 5.74) is 6.36. The van der Waals surface area contributed by atoms with E-state index >= 15 is 0 Å². The van der Waals surface area contributed by atoms with Crippen molar-refractivity contribution < 1.29 is 8.42 Å². The van der Waals surface area contributed by atoms with Crippen LogP contribution in [0.3, 0.4) is 0 Å². The van der Waals surface area contributed by atoms with Crippen LogP contribution >= 0.6 is 11.6 Å². The molecule has 0 aromatic heterocycles. The van der Waals surface area contributed by atoms with Crippen LogP contribution in [0.5, 0.6) is 0 Å². The fourth-order valence-electron chi connectivity index (χ4n) is 2.94. The molecule has 1 aromatic carbocycles. The first-order chi connectivity index (χ1) is 9.96. The third kappa shape index (κ3) is 4.19. The number of benzene rings is 1. The summed E-state index contributed by atoms with van der Waals surface area (Å²) >= 11 is 6.09. The fraction of sp³-hybridized carbons (Fsp3) is 0.600. The van der Waals surface area contributed by atoms with Crippen molar-refractivity contribution >= 4 is 21.6 Å². The molecular weight excluding hydrogens is 308 g/mol. The normalized spacial score (nSPS) is 23.2. The Bertz CT molecular complexity index is 589. The lowest BCUT2D eigenvalue weighted by Crippen LogP contribution is -2.38. The van der Waals surface area contributed by atoms with E-state index in [1.165, 1.54) is 12.5 Å². The summed E-state index contributed by atoms with van der Waals surface area (Å²) in [5, 5.41) is 0.230. The predicted octanol–water partition coefficient (Wildman–Crippen LogP) is 3.05. The molecule has 1 fully saturated rings. The zero-order valence-corrected chi connectivity index (χ0v) is 13.9. The molecule has 2 atom stereocenters. The predicted molar refractivity (Wildman–Crippen MR) is 85.7 cm³/mol. The number of sulfonamides is 1. The largest absolute Gasteiger partial charge is 0.326 e. The lowest BCUT2D eigenvalue weighted by molar-refractivity contribution is 0.301. The van der Waals surface area contributed by atoms with E-state index in [4.69, 9.17) is 17.3 Å². The van der Waals surface area contributed by atoms with E-state index in [0.717, 1.165) is 31.2 Å². The molecule has 1 aromatic rings. The molecule has 1 aliphatic rings. The van der Waals surface area contributed by atoms with Crippen LogP contribution in [0.2, 0.25) is 5.02 Å². The van der Waals surface area contributed by atoms with Gasteiger partial charge in [0.25, 0.3) is 0 Å². The highest BCUT2D eigenvalue weighted by Crippen LogP contribution is 2.29. The second kappa shape index (κ2) is 7.09. The molecular formula is C15H23ClN2O2S. The number of hydrogen-bond donors (Lipinski definition) is 2. The lowest BCUT2D eigenvalue weighted by atomic mass is 9.85. The Morgan fingerprint density at radius 1 is 1.38 bits per heavy atom. The van der Waals surface area contributed by atoms with Gasteiger partial charge >= 0.3 is 0 Å². The Labute approximate surface area is 132 Å². The second-order valence-electron chi connectivity index (χ2n) is 5.73. The number of nitrogens with two attached hydrogens (primary N) is 1. The summed E-state index contributed by atoms with van der Waals surface area (Å²) in [5.74, 6) is 0.613. The van der Waals surface area contributed by atoms with Crippen molar-refractivity contribution in [1.82, 2.24) is 4.72 Å². The Balaban J connectivity index is 2.14. The maximum Gasteiger partial charge on any atom is 0.242 e. The van der Waals surface area contributed by atoms with Gasteiger partial charge in [-0.1, -0.05) is 43.9 Å². The van der Waals surface area contributed by atoms with Crippen molar-refractivity contribution in [3.05, 3.63) is 28.8 Å². The average molecular weight is 331 g/mol. The van der Waals surface area contributed by atoms with Crippen molar-refractivity contribution in [2.75, 3.05) is 0 Å². The second-order valence-corrected chi connectivity index (χ2v) is 7.82. The summed E-state index contributed by atoms with van der Waals surface area (Å²) in [6.07, 6.45) is 5.18. The van der Waals surface area contributed by atoms with Crippen LogP contribution in [0.1, 0.15) is 44.6 Å². The fourth-order valence-corrected chi connectivity index (χ4v) is 4.79. The molecule has 0 radical (unpaired) electrons.